The van der Waals surface area contributed by atoms with Gasteiger partial charge in [-0.3, -0.25) is 4.79 Å². The number of carbonyl (C=O) groups is 1. The maximum Gasteiger partial charge on any atom is 0.305 e. The minimum Gasteiger partial charge on any atom is -0.463 e. The molecule has 0 bridgehead atoms. The Morgan fingerprint density at radius 1 is 1.04 bits per heavy atom. The molecular weight excluding hydrogens is 328 g/mol. The van der Waals surface area contributed by atoms with E-state index >= 15 is 0 Å². The van der Waals surface area contributed by atoms with Crippen molar-refractivity contribution < 1.29 is 34.3 Å². The van der Waals surface area contributed by atoms with Crippen LogP contribution >= 0.6 is 0 Å². The minimum atomic E-state index is -1.28. The van der Waals surface area contributed by atoms with Gasteiger partial charge in [-0.15, -0.1) is 0 Å². The summed E-state index contributed by atoms with van der Waals surface area (Å²) in [5.41, 5.74) is 0. The van der Waals surface area contributed by atoms with E-state index in [1.807, 2.05) is 0 Å². The van der Waals surface area contributed by atoms with Gasteiger partial charge in [0.1, 0.15) is 31.0 Å². The summed E-state index contributed by atoms with van der Waals surface area (Å²) >= 11 is 0. The first-order chi connectivity index (χ1) is 12.0. The molecule has 1 unspecified atom stereocenters. The van der Waals surface area contributed by atoms with Crippen LogP contribution < -0.4 is 0 Å². The monoisotopic (exact) mass is 362 g/mol. The van der Waals surface area contributed by atoms with Crippen LogP contribution in [0.2, 0.25) is 0 Å². The van der Waals surface area contributed by atoms with Crippen molar-refractivity contribution in [3.63, 3.8) is 0 Å². The number of aliphatic hydroxyl groups excluding tert-OH is 3. The first-order valence-electron chi connectivity index (χ1n) is 9.48. The van der Waals surface area contributed by atoms with Crippen LogP contribution in [0.25, 0.3) is 0 Å². The van der Waals surface area contributed by atoms with Crippen molar-refractivity contribution >= 4 is 5.97 Å². The van der Waals surface area contributed by atoms with Gasteiger partial charge in [-0.2, -0.15) is 0 Å². The van der Waals surface area contributed by atoms with Crippen LogP contribution in [0.1, 0.15) is 65.2 Å². The highest BCUT2D eigenvalue weighted by atomic mass is 16.7. The minimum absolute atomic E-state index is 0.275. The van der Waals surface area contributed by atoms with Gasteiger partial charge in [0.25, 0.3) is 0 Å². The molecule has 5 atom stereocenters. The van der Waals surface area contributed by atoms with Crippen molar-refractivity contribution in [2.45, 2.75) is 95.9 Å². The molecule has 25 heavy (non-hydrogen) atoms. The van der Waals surface area contributed by atoms with Crippen molar-refractivity contribution in [3.05, 3.63) is 0 Å². The second-order valence-electron chi connectivity index (χ2n) is 6.53. The predicted octanol–water partition coefficient (Wildman–Crippen LogP) is 1.51. The van der Waals surface area contributed by atoms with Crippen molar-refractivity contribution in [1.29, 1.82) is 0 Å². The molecule has 3 N–H and O–H groups in total. The highest BCUT2D eigenvalue weighted by Crippen LogP contribution is 2.24. The van der Waals surface area contributed by atoms with Gasteiger partial charge in [-0.1, -0.05) is 45.4 Å². The van der Waals surface area contributed by atoms with E-state index in [1.54, 1.807) is 6.92 Å². The number of unbranched alkanes of at least 4 members (excludes halogenated alkanes) is 6. The summed E-state index contributed by atoms with van der Waals surface area (Å²) in [5.74, 6) is -0.373. The highest BCUT2D eigenvalue weighted by molar-refractivity contribution is 5.69. The smallest absolute Gasteiger partial charge is 0.305 e. The molecule has 0 spiro atoms. The Balaban J connectivity index is 2.16. The van der Waals surface area contributed by atoms with Crippen molar-refractivity contribution in [3.8, 4) is 0 Å². The topological polar surface area (TPSA) is 105 Å². The van der Waals surface area contributed by atoms with E-state index in [0.29, 0.717) is 13.0 Å². The molecule has 0 aromatic heterocycles. The predicted molar refractivity (Wildman–Crippen MR) is 91.9 cm³/mol. The Labute approximate surface area is 150 Å². The van der Waals surface area contributed by atoms with E-state index in [9.17, 15) is 20.1 Å². The molecule has 0 aromatic rings. The number of carbonyl (C=O) groups excluding carboxylic acids is 1. The zero-order valence-corrected chi connectivity index (χ0v) is 15.4. The summed E-state index contributed by atoms with van der Waals surface area (Å²) in [4.78, 5) is 11.7. The molecule has 0 radical (unpaired) electrons. The van der Waals surface area contributed by atoms with Gasteiger partial charge < -0.3 is 29.5 Å². The summed E-state index contributed by atoms with van der Waals surface area (Å²) in [6.45, 7) is 3.95. The summed E-state index contributed by atoms with van der Waals surface area (Å²) in [7, 11) is 0. The van der Waals surface area contributed by atoms with Crippen LogP contribution in [0, 0.1) is 0 Å². The number of hydrogen-bond donors (Lipinski definition) is 3. The van der Waals surface area contributed by atoms with Crippen LogP contribution in [-0.2, 0) is 19.0 Å². The SMILES string of the molecule is CCCCCCCCCC(=O)OC[C@@H](O)[C@@H]1OC(OCC)[C@H](O)[C@H]1O. The highest BCUT2D eigenvalue weighted by Gasteiger charge is 2.46. The van der Waals surface area contributed by atoms with Crippen LogP contribution in [0.5, 0.6) is 0 Å². The van der Waals surface area contributed by atoms with Gasteiger partial charge in [0, 0.05) is 13.0 Å². The molecule has 0 amide bonds. The number of rotatable bonds is 13. The maximum atomic E-state index is 11.7. The number of hydrogen-bond acceptors (Lipinski definition) is 7. The summed E-state index contributed by atoms with van der Waals surface area (Å²) < 4.78 is 15.5. The average Bonchev–Trinajstić information content (AvgIpc) is 2.88. The summed E-state index contributed by atoms with van der Waals surface area (Å²) in [5, 5.41) is 29.7. The second kappa shape index (κ2) is 12.6. The van der Waals surface area contributed by atoms with E-state index in [0.717, 1.165) is 19.3 Å². The molecule has 0 saturated carbocycles. The molecule has 1 aliphatic heterocycles. The van der Waals surface area contributed by atoms with Gasteiger partial charge in [-0.25, -0.2) is 0 Å². The van der Waals surface area contributed by atoms with E-state index in [1.165, 1.54) is 25.7 Å². The lowest BCUT2D eigenvalue weighted by molar-refractivity contribution is -0.181. The van der Waals surface area contributed by atoms with E-state index in [2.05, 4.69) is 6.92 Å². The second-order valence-corrected chi connectivity index (χ2v) is 6.53. The fraction of sp³-hybridized carbons (Fsp3) is 0.944. The molecule has 148 valence electrons. The molecule has 1 saturated heterocycles. The number of ether oxygens (including phenoxy) is 3. The number of aliphatic hydroxyl groups is 3. The Morgan fingerprint density at radius 2 is 1.68 bits per heavy atom. The molecule has 0 aliphatic carbocycles. The number of esters is 1. The molecule has 1 rings (SSSR count). The van der Waals surface area contributed by atoms with E-state index in [-0.39, 0.29) is 12.6 Å². The third-order valence-electron chi connectivity index (χ3n) is 4.37. The van der Waals surface area contributed by atoms with Crippen molar-refractivity contribution in [2.24, 2.45) is 0 Å². The van der Waals surface area contributed by atoms with Crippen molar-refractivity contribution in [1.82, 2.24) is 0 Å². The normalized spacial score (nSPS) is 27.4. The quantitative estimate of drug-likeness (QED) is 0.337. The van der Waals surface area contributed by atoms with Gasteiger partial charge in [0.2, 0.25) is 0 Å². The molecule has 0 aromatic carbocycles. The average molecular weight is 362 g/mol. The zero-order valence-electron chi connectivity index (χ0n) is 15.4. The summed E-state index contributed by atoms with van der Waals surface area (Å²) in [6.07, 6.45) is 2.36. The Hall–Kier alpha value is -0.730. The van der Waals surface area contributed by atoms with Crippen LogP contribution in [0.4, 0.5) is 0 Å². The lowest BCUT2D eigenvalue weighted by Gasteiger charge is -2.20. The van der Waals surface area contributed by atoms with Gasteiger partial charge in [0.05, 0.1) is 0 Å². The third-order valence-corrected chi connectivity index (χ3v) is 4.37. The first-order valence-corrected chi connectivity index (χ1v) is 9.48. The zero-order chi connectivity index (χ0) is 18.7. The maximum absolute atomic E-state index is 11.7. The van der Waals surface area contributed by atoms with E-state index < -0.39 is 30.7 Å². The fourth-order valence-corrected chi connectivity index (χ4v) is 2.86. The first kappa shape index (κ1) is 22.3. The molecular formula is C18H34O7. The van der Waals surface area contributed by atoms with Gasteiger partial charge in [0.15, 0.2) is 6.29 Å². The molecule has 7 heteroatoms. The largest absolute Gasteiger partial charge is 0.463 e. The third kappa shape index (κ3) is 8.00. The lowest BCUT2D eigenvalue weighted by Crippen LogP contribution is -2.41. The Morgan fingerprint density at radius 3 is 2.32 bits per heavy atom. The molecule has 1 fully saturated rings. The lowest BCUT2D eigenvalue weighted by atomic mass is 10.1. The Kier molecular flexibility index (Phi) is 11.2. The molecule has 1 heterocycles. The van der Waals surface area contributed by atoms with Gasteiger partial charge >= 0.3 is 5.97 Å². The van der Waals surface area contributed by atoms with Gasteiger partial charge in [-0.05, 0) is 13.3 Å². The molecule has 1 aliphatic rings. The summed E-state index contributed by atoms with van der Waals surface area (Å²) in [6, 6.07) is 0. The Bertz CT molecular complexity index is 363. The fourth-order valence-electron chi connectivity index (χ4n) is 2.86. The van der Waals surface area contributed by atoms with E-state index in [4.69, 9.17) is 14.2 Å². The van der Waals surface area contributed by atoms with Crippen LogP contribution in [-0.4, -0.2) is 65.2 Å². The standard InChI is InChI=1S/C18H34O7/c1-3-5-6-7-8-9-10-11-14(20)24-12-13(19)17-15(21)16(22)18(25-17)23-4-2/h13,15-19,21-22H,3-12H2,1-2H3/t13-,15-,16-,17+,18?/m1/s1. The van der Waals surface area contributed by atoms with Crippen LogP contribution in [0.3, 0.4) is 0 Å². The van der Waals surface area contributed by atoms with Crippen LogP contribution in [0.15, 0.2) is 0 Å². The molecule has 7 nitrogen and oxygen atoms in total. The van der Waals surface area contributed by atoms with Crippen molar-refractivity contribution in [2.75, 3.05) is 13.2 Å².